The van der Waals surface area contributed by atoms with E-state index in [1.807, 2.05) is 0 Å². The molecule has 100 valence electrons. The highest BCUT2D eigenvalue weighted by molar-refractivity contribution is 5.92. The maximum absolute atomic E-state index is 11.8. The largest absolute Gasteiger partial charge is 0.481 e. The molecular formula is C10H17N5O3. The summed E-state index contributed by atoms with van der Waals surface area (Å²) in [6.45, 7) is 4.13. The number of nitrogens with zero attached hydrogens (tertiary/aromatic N) is 3. The van der Waals surface area contributed by atoms with Crippen LogP contribution >= 0.6 is 0 Å². The normalized spacial score (nSPS) is 11.3. The number of carbonyl (C=O) groups excluding carboxylic acids is 1. The van der Waals surface area contributed by atoms with E-state index in [-0.39, 0.29) is 12.1 Å². The maximum atomic E-state index is 11.8. The van der Waals surface area contributed by atoms with Crippen LogP contribution in [-0.4, -0.2) is 44.1 Å². The predicted octanol–water partition coefficient (Wildman–Crippen LogP) is -0.780. The van der Waals surface area contributed by atoms with Gasteiger partial charge in [-0.05, 0) is 13.8 Å². The molecule has 0 aliphatic rings. The van der Waals surface area contributed by atoms with E-state index >= 15 is 0 Å². The molecule has 1 heterocycles. The van der Waals surface area contributed by atoms with Crippen molar-refractivity contribution in [3.8, 4) is 0 Å². The van der Waals surface area contributed by atoms with Gasteiger partial charge in [-0.2, -0.15) is 0 Å². The summed E-state index contributed by atoms with van der Waals surface area (Å²) in [7, 11) is 0. The molecule has 1 amide bonds. The summed E-state index contributed by atoms with van der Waals surface area (Å²) in [5, 5.41) is 18.7. The number of carbonyl (C=O) groups is 2. The lowest BCUT2D eigenvalue weighted by atomic mass is 10.0. The molecule has 0 saturated carbocycles. The second kappa shape index (κ2) is 5.58. The first-order chi connectivity index (χ1) is 8.34. The summed E-state index contributed by atoms with van der Waals surface area (Å²) in [6.07, 6.45) is 1.30. The van der Waals surface area contributed by atoms with E-state index in [1.165, 1.54) is 10.9 Å². The highest BCUT2D eigenvalue weighted by Crippen LogP contribution is 2.09. The molecule has 0 fully saturated rings. The predicted molar refractivity (Wildman–Crippen MR) is 62.9 cm³/mol. The molecule has 0 atom stereocenters. The molecular weight excluding hydrogens is 238 g/mol. The van der Waals surface area contributed by atoms with Crippen molar-refractivity contribution in [2.75, 3.05) is 6.54 Å². The number of aromatic nitrogens is 3. The third kappa shape index (κ3) is 4.13. The van der Waals surface area contributed by atoms with Crippen LogP contribution in [-0.2, 0) is 11.3 Å². The number of hydrogen-bond donors (Lipinski definition) is 3. The smallest absolute Gasteiger partial charge is 0.305 e. The lowest BCUT2D eigenvalue weighted by Gasteiger charge is -2.23. The van der Waals surface area contributed by atoms with Crippen molar-refractivity contribution in [1.82, 2.24) is 20.3 Å². The van der Waals surface area contributed by atoms with Crippen molar-refractivity contribution in [3.63, 3.8) is 0 Å². The van der Waals surface area contributed by atoms with Crippen molar-refractivity contribution in [1.29, 1.82) is 0 Å². The van der Waals surface area contributed by atoms with Gasteiger partial charge in [0.05, 0.1) is 19.2 Å². The average molecular weight is 255 g/mol. The van der Waals surface area contributed by atoms with Gasteiger partial charge in [0.2, 0.25) is 0 Å². The van der Waals surface area contributed by atoms with Crippen molar-refractivity contribution in [2.45, 2.75) is 32.4 Å². The number of nitrogens with one attached hydrogen (secondary N) is 1. The van der Waals surface area contributed by atoms with Gasteiger partial charge in [-0.3, -0.25) is 14.3 Å². The third-order valence-corrected chi connectivity index (χ3v) is 2.17. The van der Waals surface area contributed by atoms with Crippen LogP contribution in [0.2, 0.25) is 0 Å². The summed E-state index contributed by atoms with van der Waals surface area (Å²) >= 11 is 0. The molecule has 18 heavy (non-hydrogen) atoms. The summed E-state index contributed by atoms with van der Waals surface area (Å²) in [6, 6.07) is 0. The second-order valence-electron chi connectivity index (χ2n) is 4.56. The van der Waals surface area contributed by atoms with Gasteiger partial charge in [-0.1, -0.05) is 5.21 Å². The summed E-state index contributed by atoms with van der Waals surface area (Å²) in [5.41, 5.74) is 4.64. The first kappa shape index (κ1) is 14.1. The number of hydrogen-bond acceptors (Lipinski definition) is 5. The van der Waals surface area contributed by atoms with Gasteiger partial charge in [-0.25, -0.2) is 0 Å². The van der Waals surface area contributed by atoms with Crippen LogP contribution < -0.4 is 11.1 Å². The number of rotatable bonds is 6. The Bertz CT molecular complexity index is 440. The highest BCUT2D eigenvalue weighted by Gasteiger charge is 2.25. The SMILES string of the molecule is CC(C)(CC(=O)O)NC(=O)c1cn(CCN)nn1. The molecule has 1 aromatic heterocycles. The fraction of sp³-hybridized carbons (Fsp3) is 0.600. The Balaban J connectivity index is 2.66. The fourth-order valence-electron chi connectivity index (χ4n) is 1.44. The molecule has 4 N–H and O–H groups in total. The topological polar surface area (TPSA) is 123 Å². The molecule has 0 aromatic carbocycles. The molecule has 1 aromatic rings. The van der Waals surface area contributed by atoms with Crippen LogP contribution in [0.15, 0.2) is 6.20 Å². The molecule has 0 spiro atoms. The molecule has 0 bridgehead atoms. The summed E-state index contributed by atoms with van der Waals surface area (Å²) in [5.74, 6) is -1.43. The van der Waals surface area contributed by atoms with E-state index in [0.29, 0.717) is 13.1 Å². The number of carboxylic acid groups (broad SMARTS) is 1. The third-order valence-electron chi connectivity index (χ3n) is 2.17. The first-order valence-electron chi connectivity index (χ1n) is 5.48. The quantitative estimate of drug-likeness (QED) is 0.612. The Morgan fingerprint density at radius 2 is 2.22 bits per heavy atom. The Morgan fingerprint density at radius 3 is 2.78 bits per heavy atom. The van der Waals surface area contributed by atoms with Gasteiger partial charge in [-0.15, -0.1) is 5.10 Å². The first-order valence-corrected chi connectivity index (χ1v) is 5.48. The van der Waals surface area contributed by atoms with E-state index in [4.69, 9.17) is 10.8 Å². The van der Waals surface area contributed by atoms with Crippen molar-refractivity contribution < 1.29 is 14.7 Å². The Kier molecular flexibility index (Phi) is 4.38. The van der Waals surface area contributed by atoms with Crippen LogP contribution in [0.4, 0.5) is 0 Å². The van der Waals surface area contributed by atoms with E-state index in [2.05, 4.69) is 15.6 Å². The Hall–Kier alpha value is -1.96. The standard InChI is InChI=1S/C10H17N5O3/c1-10(2,5-8(16)17)12-9(18)7-6-15(4-3-11)14-13-7/h6H,3-5,11H2,1-2H3,(H,12,18)(H,16,17). The van der Waals surface area contributed by atoms with Crippen molar-refractivity contribution in [3.05, 3.63) is 11.9 Å². The van der Waals surface area contributed by atoms with Crippen LogP contribution in [0.3, 0.4) is 0 Å². The van der Waals surface area contributed by atoms with Crippen LogP contribution in [0.25, 0.3) is 0 Å². The van der Waals surface area contributed by atoms with Gasteiger partial charge in [0.1, 0.15) is 0 Å². The minimum Gasteiger partial charge on any atom is -0.481 e. The molecule has 0 unspecified atom stereocenters. The molecule has 0 saturated heterocycles. The monoisotopic (exact) mass is 255 g/mol. The van der Waals surface area contributed by atoms with Crippen LogP contribution in [0.1, 0.15) is 30.8 Å². The summed E-state index contributed by atoms with van der Waals surface area (Å²) < 4.78 is 1.46. The Labute approximate surface area is 104 Å². The van der Waals surface area contributed by atoms with Crippen LogP contribution in [0, 0.1) is 0 Å². The van der Waals surface area contributed by atoms with E-state index in [9.17, 15) is 9.59 Å². The van der Waals surface area contributed by atoms with E-state index in [0.717, 1.165) is 0 Å². The zero-order valence-electron chi connectivity index (χ0n) is 10.4. The zero-order valence-corrected chi connectivity index (χ0v) is 10.4. The van der Waals surface area contributed by atoms with Gasteiger partial charge in [0, 0.05) is 12.1 Å². The maximum Gasteiger partial charge on any atom is 0.305 e. The molecule has 0 radical (unpaired) electrons. The average Bonchev–Trinajstić information content (AvgIpc) is 2.63. The molecule has 8 nitrogen and oxygen atoms in total. The number of amides is 1. The van der Waals surface area contributed by atoms with Gasteiger partial charge in [0.15, 0.2) is 5.69 Å². The van der Waals surface area contributed by atoms with Crippen LogP contribution in [0.5, 0.6) is 0 Å². The number of aliphatic carboxylic acids is 1. The minimum absolute atomic E-state index is 0.141. The zero-order chi connectivity index (χ0) is 13.8. The van der Waals surface area contributed by atoms with Gasteiger partial charge < -0.3 is 16.2 Å². The minimum atomic E-state index is -0.980. The molecule has 0 aliphatic heterocycles. The van der Waals surface area contributed by atoms with Gasteiger partial charge >= 0.3 is 5.97 Å². The second-order valence-corrected chi connectivity index (χ2v) is 4.56. The Morgan fingerprint density at radius 1 is 1.56 bits per heavy atom. The fourth-order valence-corrected chi connectivity index (χ4v) is 1.44. The number of carboxylic acids is 1. The molecule has 1 rings (SSSR count). The van der Waals surface area contributed by atoms with Gasteiger partial charge in [0.25, 0.3) is 5.91 Å². The molecule has 8 heteroatoms. The number of nitrogens with two attached hydrogens (primary N) is 1. The van der Waals surface area contributed by atoms with Crippen molar-refractivity contribution in [2.24, 2.45) is 5.73 Å². The lowest BCUT2D eigenvalue weighted by molar-refractivity contribution is -0.138. The van der Waals surface area contributed by atoms with Crippen molar-refractivity contribution >= 4 is 11.9 Å². The summed E-state index contributed by atoms with van der Waals surface area (Å²) in [4.78, 5) is 22.4. The highest BCUT2D eigenvalue weighted by atomic mass is 16.4. The lowest BCUT2D eigenvalue weighted by Crippen LogP contribution is -2.45. The van der Waals surface area contributed by atoms with E-state index < -0.39 is 17.4 Å². The molecule has 0 aliphatic carbocycles. The van der Waals surface area contributed by atoms with E-state index in [1.54, 1.807) is 13.8 Å².